The lowest BCUT2D eigenvalue weighted by atomic mass is 10.1. The van der Waals surface area contributed by atoms with Crippen LogP contribution < -0.4 is 14.2 Å². The summed E-state index contributed by atoms with van der Waals surface area (Å²) in [5, 5.41) is 10.3. The molecule has 2 rings (SSSR count). The summed E-state index contributed by atoms with van der Waals surface area (Å²) in [5.41, 5.74) is 0.368. The van der Waals surface area contributed by atoms with Crippen molar-refractivity contribution in [3.8, 4) is 28.6 Å². The van der Waals surface area contributed by atoms with Crippen molar-refractivity contribution in [2.24, 2.45) is 0 Å². The molecular formula is C15H17NO7S. The summed E-state index contributed by atoms with van der Waals surface area (Å²) < 4.78 is 41.2. The molecule has 0 aliphatic rings. The van der Waals surface area contributed by atoms with Crippen molar-refractivity contribution in [1.82, 2.24) is 0 Å². The van der Waals surface area contributed by atoms with Gasteiger partial charge in [-0.25, -0.2) is 13.1 Å². The van der Waals surface area contributed by atoms with Gasteiger partial charge in [-0.2, -0.15) is 0 Å². The summed E-state index contributed by atoms with van der Waals surface area (Å²) in [6, 6.07) is 6.64. The molecule has 1 aromatic carbocycles. The number of carbonyl (C=O) groups is 1. The zero-order chi connectivity index (χ0) is 17.9. The predicted molar refractivity (Wildman–Crippen MR) is 86.8 cm³/mol. The number of hydrogen-bond donors (Lipinski definition) is 2. The second-order valence-electron chi connectivity index (χ2n) is 4.74. The summed E-state index contributed by atoms with van der Waals surface area (Å²) in [4.78, 5) is 11.2. The van der Waals surface area contributed by atoms with Crippen molar-refractivity contribution in [2.45, 2.75) is 13.8 Å². The first-order valence-corrected chi connectivity index (χ1v) is 8.62. The van der Waals surface area contributed by atoms with Gasteiger partial charge in [0.25, 0.3) is 5.88 Å². The molecule has 0 saturated carbocycles. The highest BCUT2D eigenvalue weighted by Gasteiger charge is 2.28. The van der Waals surface area contributed by atoms with Crippen molar-refractivity contribution in [1.29, 1.82) is 0 Å². The molecule has 0 spiro atoms. The Kier molecular flexibility index (Phi) is 5.03. The van der Waals surface area contributed by atoms with Gasteiger partial charge in [-0.05, 0) is 19.1 Å². The van der Waals surface area contributed by atoms with E-state index in [1.54, 1.807) is 24.3 Å². The minimum absolute atomic E-state index is 0.0856. The monoisotopic (exact) mass is 355 g/mol. The molecule has 0 fully saturated rings. The minimum Gasteiger partial charge on any atom is -0.502 e. The first kappa shape index (κ1) is 17.7. The standard InChI is InChI=1S/C15H17NO7S/c1-4-24(19,20)16-15-14(22-9(2)17)12(18)13(23-15)10-7-5-6-8-11(10)21-3/h5-8,16,18H,4H2,1-3H3. The molecule has 2 aromatic rings. The lowest BCUT2D eigenvalue weighted by molar-refractivity contribution is -0.131. The maximum Gasteiger partial charge on any atom is 0.308 e. The van der Waals surface area contributed by atoms with Gasteiger partial charge in [0.15, 0.2) is 5.76 Å². The normalized spacial score (nSPS) is 11.1. The van der Waals surface area contributed by atoms with Crippen molar-refractivity contribution in [3.05, 3.63) is 24.3 Å². The summed E-state index contributed by atoms with van der Waals surface area (Å²) in [6.45, 7) is 2.55. The minimum atomic E-state index is -3.71. The number of rotatable bonds is 6. The fourth-order valence-corrected chi connectivity index (χ4v) is 2.50. The summed E-state index contributed by atoms with van der Waals surface area (Å²) in [6.07, 6.45) is 0. The van der Waals surface area contributed by atoms with E-state index >= 15 is 0 Å². The van der Waals surface area contributed by atoms with Gasteiger partial charge >= 0.3 is 5.97 Å². The summed E-state index contributed by atoms with van der Waals surface area (Å²) >= 11 is 0. The predicted octanol–water partition coefficient (Wildman–Crippen LogP) is 2.35. The molecule has 0 bridgehead atoms. The van der Waals surface area contributed by atoms with E-state index in [0.717, 1.165) is 6.92 Å². The van der Waals surface area contributed by atoms with Crippen LogP contribution in [0.25, 0.3) is 11.3 Å². The largest absolute Gasteiger partial charge is 0.502 e. The molecule has 0 saturated heterocycles. The number of aromatic hydroxyl groups is 1. The van der Waals surface area contributed by atoms with Crippen molar-refractivity contribution in [2.75, 3.05) is 17.6 Å². The van der Waals surface area contributed by atoms with E-state index in [9.17, 15) is 18.3 Å². The summed E-state index contributed by atoms with van der Waals surface area (Å²) in [5.74, 6) is -1.96. The SMILES string of the molecule is CCS(=O)(=O)Nc1oc(-c2ccccc2OC)c(O)c1OC(C)=O. The second-order valence-corrected chi connectivity index (χ2v) is 6.75. The van der Waals surface area contributed by atoms with E-state index in [0.29, 0.717) is 11.3 Å². The number of nitrogens with one attached hydrogen (secondary N) is 1. The third kappa shape index (κ3) is 3.62. The van der Waals surface area contributed by atoms with Gasteiger partial charge in [-0.1, -0.05) is 12.1 Å². The molecule has 1 aromatic heterocycles. The second kappa shape index (κ2) is 6.83. The molecule has 130 valence electrons. The smallest absolute Gasteiger partial charge is 0.308 e. The van der Waals surface area contributed by atoms with Crippen molar-refractivity contribution < 1.29 is 32.2 Å². The Balaban J connectivity index is 2.62. The molecule has 0 atom stereocenters. The van der Waals surface area contributed by atoms with Crippen LogP contribution in [0, 0.1) is 0 Å². The molecule has 0 radical (unpaired) electrons. The quantitative estimate of drug-likeness (QED) is 0.764. The van der Waals surface area contributed by atoms with Gasteiger partial charge in [0.05, 0.1) is 18.4 Å². The number of methoxy groups -OCH3 is 1. The zero-order valence-electron chi connectivity index (χ0n) is 13.3. The number of carbonyl (C=O) groups excluding carboxylic acids is 1. The number of esters is 1. The molecule has 1 heterocycles. The van der Waals surface area contributed by atoms with Crippen LogP contribution in [0.2, 0.25) is 0 Å². The maximum absolute atomic E-state index is 11.8. The highest BCUT2D eigenvalue weighted by Crippen LogP contribution is 2.48. The average molecular weight is 355 g/mol. The Morgan fingerprint density at radius 3 is 2.58 bits per heavy atom. The Morgan fingerprint density at radius 2 is 2.00 bits per heavy atom. The first-order valence-electron chi connectivity index (χ1n) is 6.97. The third-order valence-electron chi connectivity index (χ3n) is 3.07. The van der Waals surface area contributed by atoms with E-state index in [-0.39, 0.29) is 17.4 Å². The fourth-order valence-electron chi connectivity index (χ4n) is 1.94. The van der Waals surface area contributed by atoms with Crippen LogP contribution in [0.4, 0.5) is 5.88 Å². The van der Waals surface area contributed by atoms with Gasteiger partial charge in [-0.15, -0.1) is 0 Å². The highest BCUT2D eigenvalue weighted by atomic mass is 32.2. The molecule has 0 unspecified atom stereocenters. The number of anilines is 1. The maximum atomic E-state index is 11.8. The molecule has 24 heavy (non-hydrogen) atoms. The van der Waals surface area contributed by atoms with Gasteiger partial charge < -0.3 is 19.0 Å². The molecule has 0 aliphatic carbocycles. The van der Waals surface area contributed by atoms with Crippen LogP contribution in [-0.4, -0.2) is 32.4 Å². The molecule has 2 N–H and O–H groups in total. The lowest BCUT2D eigenvalue weighted by Crippen LogP contribution is -2.15. The van der Waals surface area contributed by atoms with Crippen molar-refractivity contribution >= 4 is 21.9 Å². The topological polar surface area (TPSA) is 115 Å². The number of furan rings is 1. The average Bonchev–Trinajstić information content (AvgIpc) is 2.83. The van der Waals surface area contributed by atoms with E-state index in [2.05, 4.69) is 4.72 Å². The Hall–Kier alpha value is -2.68. The van der Waals surface area contributed by atoms with Gasteiger partial charge in [-0.3, -0.25) is 4.79 Å². The molecule has 8 nitrogen and oxygen atoms in total. The van der Waals surface area contributed by atoms with Gasteiger partial charge in [0.1, 0.15) is 5.75 Å². The van der Waals surface area contributed by atoms with Gasteiger partial charge in [0.2, 0.25) is 21.5 Å². The lowest BCUT2D eigenvalue weighted by Gasteiger charge is -2.05. The zero-order valence-corrected chi connectivity index (χ0v) is 14.1. The highest BCUT2D eigenvalue weighted by molar-refractivity contribution is 7.92. The van der Waals surface area contributed by atoms with Crippen LogP contribution in [0.3, 0.4) is 0 Å². The van der Waals surface area contributed by atoms with Crippen molar-refractivity contribution in [3.63, 3.8) is 0 Å². The fraction of sp³-hybridized carbons (Fsp3) is 0.267. The molecule has 9 heteroatoms. The van der Waals surface area contributed by atoms with E-state index in [1.165, 1.54) is 14.0 Å². The Morgan fingerprint density at radius 1 is 1.33 bits per heavy atom. The van der Waals surface area contributed by atoms with Gasteiger partial charge in [0, 0.05) is 6.92 Å². The summed E-state index contributed by atoms with van der Waals surface area (Å²) in [7, 11) is -2.27. The Bertz CT molecular complexity index is 855. The van der Waals surface area contributed by atoms with E-state index < -0.39 is 27.5 Å². The Labute approximate surface area is 139 Å². The molecular weight excluding hydrogens is 338 g/mol. The van der Waals surface area contributed by atoms with Crippen LogP contribution in [0.5, 0.6) is 17.2 Å². The number of sulfonamides is 1. The van der Waals surface area contributed by atoms with E-state index in [1.807, 2.05) is 0 Å². The van der Waals surface area contributed by atoms with Crippen LogP contribution in [0.15, 0.2) is 28.7 Å². The molecule has 0 aliphatic heterocycles. The van der Waals surface area contributed by atoms with E-state index in [4.69, 9.17) is 13.9 Å². The van der Waals surface area contributed by atoms with Crippen LogP contribution in [0.1, 0.15) is 13.8 Å². The number of benzene rings is 1. The van der Waals surface area contributed by atoms with Crippen LogP contribution >= 0.6 is 0 Å². The first-order chi connectivity index (χ1) is 11.3. The number of para-hydroxylation sites is 1. The molecule has 0 amide bonds. The third-order valence-corrected chi connectivity index (χ3v) is 4.32. The van der Waals surface area contributed by atoms with Crippen LogP contribution in [-0.2, 0) is 14.8 Å². The number of ether oxygens (including phenoxy) is 2. The number of hydrogen-bond acceptors (Lipinski definition) is 7.